The molecule has 35 heavy (non-hydrogen) atoms. The van der Waals surface area contributed by atoms with Crippen molar-refractivity contribution in [3.05, 3.63) is 35.7 Å². The fourth-order valence-electron chi connectivity index (χ4n) is 4.43. The molecule has 2 aliphatic heterocycles. The third-order valence-electron chi connectivity index (χ3n) is 6.58. The number of hydrogen-bond donors (Lipinski definition) is 2. The number of likely N-dealkylation sites (N-methyl/N-ethyl adjacent to an activating group) is 1. The number of primary amides is 1. The van der Waals surface area contributed by atoms with Gasteiger partial charge in [-0.2, -0.15) is 4.98 Å². The number of hydrogen-bond acceptors (Lipinski definition) is 8. The second kappa shape index (κ2) is 10.9. The van der Waals surface area contributed by atoms with Crippen LogP contribution in [0.5, 0.6) is 5.88 Å². The lowest BCUT2D eigenvalue weighted by atomic mass is 10.2. The second-order valence-corrected chi connectivity index (χ2v) is 9.07. The smallest absolute Gasteiger partial charge is 0.271 e. The van der Waals surface area contributed by atoms with Crippen LogP contribution in [0.15, 0.2) is 24.3 Å². The van der Waals surface area contributed by atoms with Gasteiger partial charge in [0.1, 0.15) is 11.8 Å². The van der Waals surface area contributed by atoms with Gasteiger partial charge in [0, 0.05) is 56.9 Å². The number of ether oxygens (including phenoxy) is 1. The van der Waals surface area contributed by atoms with Crippen LogP contribution in [-0.2, 0) is 11.2 Å². The summed E-state index contributed by atoms with van der Waals surface area (Å²) in [6.45, 7) is 9.01. The summed E-state index contributed by atoms with van der Waals surface area (Å²) in [6.07, 6.45) is 1.57. The van der Waals surface area contributed by atoms with Crippen LogP contribution in [0.25, 0.3) is 0 Å². The molecular weight excluding hydrogens is 446 g/mol. The van der Waals surface area contributed by atoms with E-state index in [-0.39, 0.29) is 23.5 Å². The van der Waals surface area contributed by atoms with Gasteiger partial charge in [-0.05, 0) is 37.7 Å². The maximum absolute atomic E-state index is 12.2. The van der Waals surface area contributed by atoms with Gasteiger partial charge in [0.05, 0.1) is 6.54 Å². The molecule has 0 unspecified atom stereocenters. The standard InChI is InChI=1S/C25H35N7O3/c1-4-20-25(35-19-10-11-32(16-19)21(33)5-2)29-24(22(28-20)23(26)34)27-17-6-8-18(9-7-17)31-14-12-30(3)13-15-31/h6-9,19H,4-5,10-16H2,1-3H3,(H2,26,34)(H,27,29)/t19-/m0/s1. The van der Waals surface area contributed by atoms with Crippen LogP contribution < -0.4 is 20.7 Å². The van der Waals surface area contributed by atoms with E-state index in [1.165, 1.54) is 0 Å². The third kappa shape index (κ3) is 5.82. The number of nitrogens with one attached hydrogen (secondary N) is 1. The van der Waals surface area contributed by atoms with E-state index in [0.29, 0.717) is 37.5 Å². The Morgan fingerprint density at radius 2 is 1.80 bits per heavy atom. The van der Waals surface area contributed by atoms with E-state index >= 15 is 0 Å². The van der Waals surface area contributed by atoms with Gasteiger partial charge in [0.15, 0.2) is 11.5 Å². The lowest BCUT2D eigenvalue weighted by molar-refractivity contribution is -0.130. The average molecular weight is 482 g/mol. The summed E-state index contributed by atoms with van der Waals surface area (Å²) in [5.74, 6) is 0.0848. The molecular formula is C25H35N7O3. The number of likely N-dealkylation sites (tertiary alicyclic amines) is 1. The van der Waals surface area contributed by atoms with Crippen molar-refractivity contribution in [2.45, 2.75) is 39.2 Å². The summed E-state index contributed by atoms with van der Waals surface area (Å²) in [6, 6.07) is 8.03. The molecule has 2 aromatic rings. The zero-order chi connectivity index (χ0) is 24.9. The van der Waals surface area contributed by atoms with Crippen LogP contribution in [-0.4, -0.2) is 84.0 Å². The minimum atomic E-state index is -0.657. The van der Waals surface area contributed by atoms with Crippen molar-refractivity contribution in [2.24, 2.45) is 5.73 Å². The van der Waals surface area contributed by atoms with Crippen molar-refractivity contribution < 1.29 is 14.3 Å². The molecule has 2 amide bonds. The number of aryl methyl sites for hydroxylation is 1. The molecule has 188 valence electrons. The first-order valence-electron chi connectivity index (χ1n) is 12.3. The average Bonchev–Trinajstić information content (AvgIpc) is 3.33. The highest BCUT2D eigenvalue weighted by Crippen LogP contribution is 2.27. The second-order valence-electron chi connectivity index (χ2n) is 9.07. The zero-order valence-electron chi connectivity index (χ0n) is 20.8. The van der Waals surface area contributed by atoms with E-state index in [4.69, 9.17) is 10.5 Å². The maximum atomic E-state index is 12.2. The lowest BCUT2D eigenvalue weighted by Gasteiger charge is -2.34. The molecule has 10 nitrogen and oxygen atoms in total. The van der Waals surface area contributed by atoms with Crippen LogP contribution in [0.2, 0.25) is 0 Å². The number of benzene rings is 1. The molecule has 3 heterocycles. The summed E-state index contributed by atoms with van der Waals surface area (Å²) in [4.78, 5) is 39.8. The van der Waals surface area contributed by atoms with Gasteiger partial charge in [-0.1, -0.05) is 13.8 Å². The first kappa shape index (κ1) is 24.7. The minimum absolute atomic E-state index is 0.0755. The molecule has 3 N–H and O–H groups in total. The van der Waals surface area contributed by atoms with Crippen LogP contribution >= 0.6 is 0 Å². The highest BCUT2D eigenvalue weighted by molar-refractivity contribution is 5.96. The Morgan fingerprint density at radius 1 is 1.09 bits per heavy atom. The lowest BCUT2D eigenvalue weighted by Crippen LogP contribution is -2.44. The Labute approximate surface area is 206 Å². The number of nitrogens with zero attached hydrogens (tertiary/aromatic N) is 5. The van der Waals surface area contributed by atoms with Gasteiger partial charge in [0.2, 0.25) is 11.8 Å². The van der Waals surface area contributed by atoms with Crippen LogP contribution in [0.4, 0.5) is 17.2 Å². The van der Waals surface area contributed by atoms with Gasteiger partial charge in [-0.3, -0.25) is 9.59 Å². The Hall–Kier alpha value is -3.40. The number of carbonyl (C=O) groups excluding carboxylic acids is 2. The van der Waals surface area contributed by atoms with Gasteiger partial charge in [-0.15, -0.1) is 0 Å². The van der Waals surface area contributed by atoms with Crippen molar-refractivity contribution in [3.63, 3.8) is 0 Å². The van der Waals surface area contributed by atoms with Crippen molar-refractivity contribution in [1.82, 2.24) is 19.8 Å². The molecule has 0 bridgehead atoms. The molecule has 0 spiro atoms. The first-order valence-corrected chi connectivity index (χ1v) is 12.3. The van der Waals surface area contributed by atoms with Crippen LogP contribution in [0, 0.1) is 0 Å². The molecule has 1 aromatic carbocycles. The van der Waals surface area contributed by atoms with Crippen molar-refractivity contribution in [1.29, 1.82) is 0 Å². The Bertz CT molecular complexity index is 1050. The number of piperazine rings is 1. The molecule has 0 saturated carbocycles. The van der Waals surface area contributed by atoms with E-state index in [1.54, 1.807) is 0 Å². The quantitative estimate of drug-likeness (QED) is 0.588. The summed E-state index contributed by atoms with van der Waals surface area (Å²) in [5, 5.41) is 3.20. The van der Waals surface area contributed by atoms with E-state index in [1.807, 2.05) is 30.9 Å². The van der Waals surface area contributed by atoms with Gasteiger partial charge in [-0.25, -0.2) is 4.98 Å². The highest BCUT2D eigenvalue weighted by Gasteiger charge is 2.28. The molecule has 0 aliphatic carbocycles. The Morgan fingerprint density at radius 3 is 2.43 bits per heavy atom. The monoisotopic (exact) mass is 481 g/mol. The molecule has 2 saturated heterocycles. The van der Waals surface area contributed by atoms with Crippen molar-refractivity contribution in [2.75, 3.05) is 56.5 Å². The third-order valence-corrected chi connectivity index (χ3v) is 6.58. The summed E-state index contributed by atoms with van der Waals surface area (Å²) < 4.78 is 6.17. The molecule has 2 fully saturated rings. The number of aromatic nitrogens is 2. The topological polar surface area (TPSA) is 117 Å². The SMILES string of the molecule is CCC(=O)N1CC[C@H](Oc2nc(Nc3ccc(N4CCN(C)CC4)cc3)c(C(N)=O)nc2CC)C1. The fraction of sp³-hybridized carbons (Fsp3) is 0.520. The number of anilines is 3. The highest BCUT2D eigenvalue weighted by atomic mass is 16.5. The van der Waals surface area contributed by atoms with E-state index < -0.39 is 5.91 Å². The van der Waals surface area contributed by atoms with Gasteiger partial charge in [0.25, 0.3) is 5.91 Å². The first-order chi connectivity index (χ1) is 16.9. The predicted octanol–water partition coefficient (Wildman–Crippen LogP) is 2.02. The predicted molar refractivity (Wildman–Crippen MR) is 135 cm³/mol. The molecule has 1 aromatic heterocycles. The van der Waals surface area contributed by atoms with Crippen LogP contribution in [0.3, 0.4) is 0 Å². The minimum Gasteiger partial charge on any atom is -0.471 e. The summed E-state index contributed by atoms with van der Waals surface area (Å²) >= 11 is 0. The summed E-state index contributed by atoms with van der Waals surface area (Å²) in [5.41, 5.74) is 8.20. The van der Waals surface area contributed by atoms with Gasteiger partial charge < -0.3 is 30.5 Å². The molecule has 2 aliphatic rings. The van der Waals surface area contributed by atoms with Crippen molar-refractivity contribution in [3.8, 4) is 5.88 Å². The van der Waals surface area contributed by atoms with Gasteiger partial charge >= 0.3 is 0 Å². The Balaban J connectivity index is 1.52. The Kier molecular flexibility index (Phi) is 7.70. The molecule has 1 atom stereocenters. The molecule has 10 heteroatoms. The fourth-order valence-corrected chi connectivity index (χ4v) is 4.43. The van der Waals surface area contributed by atoms with E-state index in [9.17, 15) is 9.59 Å². The number of rotatable bonds is 8. The molecule has 0 radical (unpaired) electrons. The number of amides is 2. The maximum Gasteiger partial charge on any atom is 0.271 e. The zero-order valence-corrected chi connectivity index (χ0v) is 20.8. The summed E-state index contributed by atoms with van der Waals surface area (Å²) in [7, 11) is 2.14. The largest absolute Gasteiger partial charge is 0.471 e. The number of carbonyl (C=O) groups is 2. The van der Waals surface area contributed by atoms with Crippen LogP contribution in [0.1, 0.15) is 42.9 Å². The van der Waals surface area contributed by atoms with E-state index in [0.717, 1.165) is 44.0 Å². The van der Waals surface area contributed by atoms with Crippen molar-refractivity contribution >= 4 is 29.0 Å². The normalized spacial score (nSPS) is 18.5. The molecule has 4 rings (SSSR count). The number of nitrogens with two attached hydrogens (primary N) is 1. The van der Waals surface area contributed by atoms with E-state index in [2.05, 4.69) is 44.3 Å².